The Kier molecular flexibility index (Phi) is 6.60. The number of aromatic nitrogens is 2. The van der Waals surface area contributed by atoms with Gasteiger partial charge in [-0.1, -0.05) is 30.3 Å². The average molecular weight is 450 g/mol. The van der Waals surface area contributed by atoms with Crippen molar-refractivity contribution in [3.05, 3.63) is 53.3 Å². The summed E-state index contributed by atoms with van der Waals surface area (Å²) in [6.45, 7) is 7.06. The molecule has 2 aromatic rings. The van der Waals surface area contributed by atoms with Crippen LogP contribution in [0.3, 0.4) is 0 Å². The van der Waals surface area contributed by atoms with E-state index < -0.39 is 0 Å². The summed E-state index contributed by atoms with van der Waals surface area (Å²) in [7, 11) is 2.15. The Bertz CT molecular complexity index is 962. The number of anilines is 1. The van der Waals surface area contributed by atoms with Crippen LogP contribution in [0.5, 0.6) is 0 Å². The number of piperidine rings is 1. The van der Waals surface area contributed by atoms with Gasteiger partial charge in [0, 0.05) is 49.7 Å². The molecular weight excluding hydrogens is 414 g/mol. The van der Waals surface area contributed by atoms with Gasteiger partial charge in [0.2, 0.25) is 11.9 Å². The van der Waals surface area contributed by atoms with Crippen molar-refractivity contribution in [2.45, 2.75) is 44.7 Å². The highest BCUT2D eigenvalue weighted by Crippen LogP contribution is 2.35. The first kappa shape index (κ1) is 22.3. The first-order chi connectivity index (χ1) is 16.1. The Labute approximate surface area is 196 Å². The molecule has 4 heterocycles. The van der Waals surface area contributed by atoms with Crippen molar-refractivity contribution < 1.29 is 9.53 Å². The van der Waals surface area contributed by atoms with Crippen LogP contribution in [0.15, 0.2) is 36.5 Å². The van der Waals surface area contributed by atoms with Crippen LogP contribution in [0.25, 0.3) is 0 Å². The predicted molar refractivity (Wildman–Crippen MR) is 128 cm³/mol. The van der Waals surface area contributed by atoms with Gasteiger partial charge in [-0.05, 0) is 50.9 Å². The van der Waals surface area contributed by atoms with Gasteiger partial charge in [0.05, 0.1) is 18.8 Å². The van der Waals surface area contributed by atoms with Gasteiger partial charge in [0.25, 0.3) is 0 Å². The molecule has 1 aromatic heterocycles. The van der Waals surface area contributed by atoms with Crippen molar-refractivity contribution in [2.24, 2.45) is 11.8 Å². The molecule has 1 amide bonds. The quantitative estimate of drug-likeness (QED) is 0.757. The molecule has 3 aliphatic rings. The first-order valence-corrected chi connectivity index (χ1v) is 12.3. The number of hydrogen-bond donors (Lipinski definition) is 1. The Hall–Kier alpha value is -2.51. The van der Waals surface area contributed by atoms with E-state index in [1.165, 1.54) is 5.56 Å². The van der Waals surface area contributed by atoms with E-state index in [4.69, 9.17) is 9.72 Å². The van der Waals surface area contributed by atoms with E-state index in [-0.39, 0.29) is 23.8 Å². The fourth-order valence-corrected chi connectivity index (χ4v) is 5.52. The zero-order valence-corrected chi connectivity index (χ0v) is 19.7. The molecule has 0 radical (unpaired) electrons. The van der Waals surface area contributed by atoms with Crippen LogP contribution in [-0.2, 0) is 22.5 Å². The number of amides is 1. The monoisotopic (exact) mass is 449 g/mol. The Morgan fingerprint density at radius 3 is 2.88 bits per heavy atom. The third-order valence-corrected chi connectivity index (χ3v) is 7.54. The molecule has 7 nitrogen and oxygen atoms in total. The van der Waals surface area contributed by atoms with Gasteiger partial charge in [0.15, 0.2) is 0 Å². The van der Waals surface area contributed by atoms with Crippen LogP contribution in [0.4, 0.5) is 5.95 Å². The van der Waals surface area contributed by atoms with Gasteiger partial charge in [-0.2, -0.15) is 0 Å². The third kappa shape index (κ3) is 4.89. The highest BCUT2D eigenvalue weighted by Gasteiger charge is 2.39. The summed E-state index contributed by atoms with van der Waals surface area (Å²) in [5.74, 6) is 1.68. The molecule has 2 fully saturated rings. The van der Waals surface area contributed by atoms with Crippen molar-refractivity contribution >= 4 is 11.9 Å². The van der Waals surface area contributed by atoms with E-state index in [1.54, 1.807) is 0 Å². The molecule has 0 spiro atoms. The molecule has 176 valence electrons. The second-order valence-electron chi connectivity index (χ2n) is 9.97. The first-order valence-electron chi connectivity index (χ1n) is 12.3. The molecule has 0 saturated carbocycles. The van der Waals surface area contributed by atoms with Gasteiger partial charge in [0.1, 0.15) is 0 Å². The fourth-order valence-electron chi connectivity index (χ4n) is 5.52. The third-order valence-electron chi connectivity index (χ3n) is 7.54. The molecule has 7 heteroatoms. The van der Waals surface area contributed by atoms with Gasteiger partial charge >= 0.3 is 0 Å². The number of nitrogens with one attached hydrogen (secondary N) is 1. The molecule has 1 aromatic carbocycles. The van der Waals surface area contributed by atoms with Crippen LogP contribution >= 0.6 is 0 Å². The molecular formula is C26H35N5O2. The molecule has 1 N–H and O–H groups in total. The second-order valence-corrected chi connectivity index (χ2v) is 9.97. The minimum Gasteiger partial charge on any atom is -0.381 e. The summed E-state index contributed by atoms with van der Waals surface area (Å²) in [5.41, 5.74) is 3.40. The van der Waals surface area contributed by atoms with Gasteiger partial charge in [-0.25, -0.2) is 9.97 Å². The van der Waals surface area contributed by atoms with Crippen LogP contribution in [0.1, 0.15) is 42.5 Å². The van der Waals surface area contributed by atoms with Crippen LogP contribution < -0.4 is 5.32 Å². The van der Waals surface area contributed by atoms with E-state index >= 15 is 0 Å². The lowest BCUT2D eigenvalue weighted by molar-refractivity contribution is -0.141. The van der Waals surface area contributed by atoms with Crippen molar-refractivity contribution in [1.29, 1.82) is 0 Å². The van der Waals surface area contributed by atoms with Gasteiger partial charge in [-0.3, -0.25) is 4.79 Å². The van der Waals surface area contributed by atoms with E-state index in [0.29, 0.717) is 18.4 Å². The standard InChI is InChI=1S/C26H35N5O2/c1-18-12-21-14-28-26(27-13-19-9-11-33-17-19)29-24(21)16-31(18)25(32)22-8-10-30(2)15-23(22)20-6-4-3-5-7-20/h3-7,14,18-19,22-23H,8-13,15-17H2,1-2H3,(H,27,28,29)/t18-,19?,22+,23-/m1/s1. The molecule has 2 saturated heterocycles. The average Bonchev–Trinajstić information content (AvgIpc) is 3.36. The lowest BCUT2D eigenvalue weighted by atomic mass is 9.79. The minimum atomic E-state index is 0.00870. The lowest BCUT2D eigenvalue weighted by Crippen LogP contribution is -2.50. The van der Waals surface area contributed by atoms with Crippen molar-refractivity contribution in [3.8, 4) is 0 Å². The van der Waals surface area contributed by atoms with Crippen molar-refractivity contribution in [2.75, 3.05) is 45.2 Å². The number of carbonyl (C=O) groups is 1. The number of nitrogens with zero attached hydrogens (tertiary/aromatic N) is 4. The number of likely N-dealkylation sites (N-methyl/N-ethyl adjacent to an activating group) is 1. The maximum absolute atomic E-state index is 13.9. The normalized spacial score (nSPS) is 27.9. The van der Waals surface area contributed by atoms with E-state index in [0.717, 1.165) is 63.4 Å². The summed E-state index contributed by atoms with van der Waals surface area (Å²) >= 11 is 0. The maximum atomic E-state index is 13.9. The molecule has 0 bridgehead atoms. The topological polar surface area (TPSA) is 70.6 Å². The van der Waals surface area contributed by atoms with Crippen molar-refractivity contribution in [1.82, 2.24) is 19.8 Å². The zero-order valence-electron chi connectivity index (χ0n) is 19.7. The number of benzene rings is 1. The minimum absolute atomic E-state index is 0.00870. The number of likely N-dealkylation sites (tertiary alicyclic amines) is 1. The number of hydrogen-bond acceptors (Lipinski definition) is 6. The summed E-state index contributed by atoms with van der Waals surface area (Å²) in [5, 5.41) is 3.38. The molecule has 5 rings (SSSR count). The molecule has 3 aliphatic heterocycles. The molecule has 1 unspecified atom stereocenters. The van der Waals surface area contributed by atoms with E-state index in [1.807, 2.05) is 12.3 Å². The van der Waals surface area contributed by atoms with Crippen LogP contribution in [0, 0.1) is 11.8 Å². The molecule has 4 atom stereocenters. The zero-order chi connectivity index (χ0) is 22.8. The smallest absolute Gasteiger partial charge is 0.227 e. The SMILES string of the molecule is C[C@@H]1Cc2cnc(NCC3CCOC3)nc2CN1C(=O)[C@H]1CCN(C)C[C@@H]1c1ccccc1. The Morgan fingerprint density at radius 2 is 2.09 bits per heavy atom. The summed E-state index contributed by atoms with van der Waals surface area (Å²) in [4.78, 5) is 27.6. The second kappa shape index (κ2) is 9.77. The van der Waals surface area contributed by atoms with Crippen LogP contribution in [-0.4, -0.2) is 71.6 Å². The summed E-state index contributed by atoms with van der Waals surface area (Å²) in [6, 6.07) is 10.7. The van der Waals surface area contributed by atoms with Gasteiger partial charge in [-0.15, -0.1) is 0 Å². The fraction of sp³-hybridized carbons (Fsp3) is 0.577. The van der Waals surface area contributed by atoms with Crippen molar-refractivity contribution in [3.63, 3.8) is 0 Å². The lowest BCUT2D eigenvalue weighted by Gasteiger charge is -2.42. The predicted octanol–water partition coefficient (Wildman–Crippen LogP) is 2.93. The highest BCUT2D eigenvalue weighted by atomic mass is 16.5. The number of rotatable bonds is 5. The maximum Gasteiger partial charge on any atom is 0.227 e. The van der Waals surface area contributed by atoms with Gasteiger partial charge < -0.3 is 19.9 Å². The number of fused-ring (bicyclic) bond motifs is 1. The van der Waals surface area contributed by atoms with E-state index in [2.05, 4.69) is 58.3 Å². The summed E-state index contributed by atoms with van der Waals surface area (Å²) in [6.07, 6.45) is 4.72. The molecule has 33 heavy (non-hydrogen) atoms. The Balaban J connectivity index is 1.32. The molecule has 0 aliphatic carbocycles. The van der Waals surface area contributed by atoms with E-state index in [9.17, 15) is 4.79 Å². The number of carbonyl (C=O) groups excluding carboxylic acids is 1. The highest BCUT2D eigenvalue weighted by molar-refractivity contribution is 5.80. The largest absolute Gasteiger partial charge is 0.381 e. The Morgan fingerprint density at radius 1 is 1.24 bits per heavy atom. The summed E-state index contributed by atoms with van der Waals surface area (Å²) < 4.78 is 5.47. The van der Waals surface area contributed by atoms with Crippen LogP contribution in [0.2, 0.25) is 0 Å². The number of ether oxygens (including phenoxy) is 1.